The molecule has 0 bridgehead atoms. The molecule has 0 aromatic heterocycles. The molecule has 0 aliphatic heterocycles. The van der Waals surface area contributed by atoms with Crippen molar-refractivity contribution in [3.05, 3.63) is 108 Å². The maximum atomic E-state index is 11.3. The van der Waals surface area contributed by atoms with Crippen LogP contribution in [-0.4, -0.2) is 52.6 Å². The van der Waals surface area contributed by atoms with Crippen LogP contribution < -0.4 is 22.5 Å². The minimum absolute atomic E-state index is 0.300. The van der Waals surface area contributed by atoms with Gasteiger partial charge in [0.25, 0.3) is 0 Å². The van der Waals surface area contributed by atoms with Gasteiger partial charge < -0.3 is 32.7 Å². The molecule has 0 spiro atoms. The first-order chi connectivity index (χ1) is 18.2. The fraction of sp³-hybridized carbons (Fsp3) is 0.250. The molecule has 9 N–H and O–H groups in total. The predicted molar refractivity (Wildman–Crippen MR) is 150 cm³/mol. The van der Waals surface area contributed by atoms with E-state index in [1.54, 1.807) is 11.8 Å². The number of aliphatic carboxylic acids is 2. The Kier molecular flexibility index (Phi) is 12.3. The highest BCUT2D eigenvalue weighted by molar-refractivity contribution is 8.00. The lowest BCUT2D eigenvalue weighted by Gasteiger charge is -2.36. The molecular weight excluding hydrogens is 504 g/mol. The molecule has 3 aromatic rings. The van der Waals surface area contributed by atoms with Gasteiger partial charge in [0.1, 0.15) is 12.1 Å². The maximum Gasteiger partial charge on any atom is 0.321 e. The Bertz CT molecular complexity index is 1050. The molecule has 0 fully saturated rings. The Hall–Kier alpha value is -3.86. The van der Waals surface area contributed by atoms with E-state index in [2.05, 4.69) is 41.7 Å². The molecule has 0 heterocycles. The van der Waals surface area contributed by atoms with Crippen molar-refractivity contribution in [2.45, 2.75) is 29.7 Å². The number of hydrogen-bond acceptors (Lipinski definition) is 6. The zero-order chi connectivity index (χ0) is 28.0. The fourth-order valence-electron chi connectivity index (χ4n) is 3.71. The first-order valence-electron chi connectivity index (χ1n) is 12.0. The summed E-state index contributed by atoms with van der Waals surface area (Å²) in [5.41, 5.74) is 19.1. The molecule has 0 aliphatic rings. The predicted octanol–water partition coefficient (Wildman–Crippen LogP) is 2.97. The fourth-order valence-corrected chi connectivity index (χ4v) is 5.19. The third kappa shape index (κ3) is 8.91. The van der Waals surface area contributed by atoms with Crippen molar-refractivity contribution in [2.24, 2.45) is 17.2 Å². The van der Waals surface area contributed by atoms with Gasteiger partial charge in [-0.1, -0.05) is 91.0 Å². The zero-order valence-corrected chi connectivity index (χ0v) is 21.7. The van der Waals surface area contributed by atoms with Crippen LogP contribution in [0.3, 0.4) is 0 Å². The van der Waals surface area contributed by atoms with Crippen LogP contribution in [0.5, 0.6) is 0 Å². The van der Waals surface area contributed by atoms with Crippen LogP contribution in [0.2, 0.25) is 0 Å². The molecule has 2 atom stereocenters. The quantitative estimate of drug-likeness (QED) is 0.150. The summed E-state index contributed by atoms with van der Waals surface area (Å²) in [6, 6.07) is 28.1. The number of nitrogens with two attached hydrogens (primary N) is 3. The van der Waals surface area contributed by atoms with Gasteiger partial charge in [-0.2, -0.15) is 0 Å². The average molecular weight is 539 g/mol. The molecule has 3 rings (SSSR count). The summed E-state index contributed by atoms with van der Waals surface area (Å²) in [4.78, 5) is 31.6. The second-order valence-electron chi connectivity index (χ2n) is 8.41. The molecule has 9 nitrogen and oxygen atoms in total. The molecule has 10 heteroatoms. The smallest absolute Gasteiger partial charge is 0.321 e. The van der Waals surface area contributed by atoms with Crippen LogP contribution in [0.4, 0.5) is 4.79 Å². The monoisotopic (exact) mass is 538 g/mol. The molecule has 0 radical (unpaired) electrons. The van der Waals surface area contributed by atoms with E-state index in [0.29, 0.717) is 25.1 Å². The van der Waals surface area contributed by atoms with Crippen LogP contribution in [0.25, 0.3) is 0 Å². The topological polar surface area (TPSA) is 182 Å². The summed E-state index contributed by atoms with van der Waals surface area (Å²) in [7, 11) is 0. The van der Waals surface area contributed by atoms with Crippen LogP contribution in [0, 0.1) is 0 Å². The Morgan fingerprint density at radius 1 is 0.737 bits per heavy atom. The molecule has 0 saturated carbocycles. The minimum atomic E-state index is -1.03. The molecule has 3 aromatic carbocycles. The lowest BCUT2D eigenvalue weighted by Crippen LogP contribution is -2.36. The number of carboxylic acid groups (broad SMARTS) is 2. The molecule has 0 aliphatic carbocycles. The van der Waals surface area contributed by atoms with Crippen LogP contribution in [-0.2, 0) is 14.3 Å². The second-order valence-corrected chi connectivity index (χ2v) is 9.65. The number of urea groups is 1. The van der Waals surface area contributed by atoms with E-state index in [4.69, 9.17) is 22.3 Å². The third-order valence-corrected chi connectivity index (χ3v) is 7.31. The van der Waals surface area contributed by atoms with Gasteiger partial charge in [0.2, 0.25) is 0 Å². The van der Waals surface area contributed by atoms with Crippen molar-refractivity contribution in [1.29, 1.82) is 0 Å². The van der Waals surface area contributed by atoms with E-state index in [-0.39, 0.29) is 0 Å². The second kappa shape index (κ2) is 15.4. The third-order valence-electron chi connectivity index (χ3n) is 5.65. The number of carbonyl (C=O) groups excluding carboxylic acids is 1. The summed E-state index contributed by atoms with van der Waals surface area (Å²) in [5.74, 6) is -1.72. The van der Waals surface area contributed by atoms with E-state index >= 15 is 0 Å². The standard InChI is InChI=1S/C22H21NO2S.C6H13N3O3/c23-20(21(24)25)16-26-22(17-10-4-1-5-11-17,18-12-6-2-7-13-18)19-14-8-3-9-15-19;7-4(5(10)11)2-1-3-9-6(8)12/h1-15,20H,16,23H2,(H,24,25);4H,1-3,7H2,(H,10,11)(H3,8,9,12). The molecule has 202 valence electrons. The average Bonchev–Trinajstić information content (AvgIpc) is 2.93. The van der Waals surface area contributed by atoms with Gasteiger partial charge in [-0.05, 0) is 29.5 Å². The number of hydrogen-bond donors (Lipinski definition) is 6. The van der Waals surface area contributed by atoms with Gasteiger partial charge in [0, 0.05) is 12.3 Å². The Labute approximate surface area is 226 Å². The number of thioether (sulfide) groups is 1. The summed E-state index contributed by atoms with van der Waals surface area (Å²) in [6.45, 7) is 0.357. The molecule has 0 saturated heterocycles. The van der Waals surface area contributed by atoms with Crippen molar-refractivity contribution in [2.75, 3.05) is 12.3 Å². The van der Waals surface area contributed by atoms with Crippen molar-refractivity contribution < 1.29 is 24.6 Å². The van der Waals surface area contributed by atoms with Crippen molar-refractivity contribution in [1.82, 2.24) is 5.32 Å². The summed E-state index contributed by atoms with van der Waals surface area (Å²) < 4.78 is -0.531. The number of nitrogens with one attached hydrogen (secondary N) is 1. The summed E-state index contributed by atoms with van der Waals surface area (Å²) in [5, 5.41) is 19.9. The number of amides is 2. The maximum absolute atomic E-state index is 11.3. The first kappa shape index (κ1) is 30.4. The SMILES string of the molecule is NC(=O)NCCCC(N)C(=O)O.NC(CSC(c1ccccc1)(c1ccccc1)c1ccccc1)C(=O)O. The molecular formula is C28H34N4O5S. The van der Waals surface area contributed by atoms with E-state index in [1.165, 1.54) is 0 Å². The van der Waals surface area contributed by atoms with Crippen LogP contribution >= 0.6 is 11.8 Å². The number of benzene rings is 3. The van der Waals surface area contributed by atoms with Gasteiger partial charge >= 0.3 is 18.0 Å². The summed E-state index contributed by atoms with van der Waals surface area (Å²) in [6.07, 6.45) is 0.839. The lowest BCUT2D eigenvalue weighted by molar-refractivity contribution is -0.139. The number of carboxylic acids is 2. The Balaban J connectivity index is 0.000000358. The van der Waals surface area contributed by atoms with Crippen LogP contribution in [0.1, 0.15) is 29.5 Å². The van der Waals surface area contributed by atoms with Crippen molar-refractivity contribution in [3.63, 3.8) is 0 Å². The molecule has 2 amide bonds. The van der Waals surface area contributed by atoms with Gasteiger partial charge in [-0.3, -0.25) is 9.59 Å². The minimum Gasteiger partial charge on any atom is -0.480 e. The Morgan fingerprint density at radius 3 is 1.47 bits per heavy atom. The highest BCUT2D eigenvalue weighted by atomic mass is 32.2. The van der Waals surface area contributed by atoms with Gasteiger partial charge in [0.05, 0.1) is 4.75 Å². The molecule has 38 heavy (non-hydrogen) atoms. The van der Waals surface area contributed by atoms with Gasteiger partial charge in [-0.15, -0.1) is 11.8 Å². The largest absolute Gasteiger partial charge is 0.480 e. The lowest BCUT2D eigenvalue weighted by atomic mass is 9.84. The zero-order valence-electron chi connectivity index (χ0n) is 20.9. The van der Waals surface area contributed by atoms with E-state index < -0.39 is 34.8 Å². The van der Waals surface area contributed by atoms with Gasteiger partial charge in [-0.25, -0.2) is 4.79 Å². The van der Waals surface area contributed by atoms with Crippen molar-refractivity contribution >= 4 is 29.7 Å². The molecule has 2 unspecified atom stereocenters. The number of carbonyl (C=O) groups is 3. The van der Waals surface area contributed by atoms with E-state index in [9.17, 15) is 19.5 Å². The normalized spacial score (nSPS) is 12.4. The highest BCUT2D eigenvalue weighted by Gasteiger charge is 2.37. The van der Waals surface area contributed by atoms with Gasteiger partial charge in [0.15, 0.2) is 0 Å². The highest BCUT2D eigenvalue weighted by Crippen LogP contribution is 2.48. The number of rotatable bonds is 12. The Morgan fingerprint density at radius 2 is 1.13 bits per heavy atom. The number of primary amides is 1. The van der Waals surface area contributed by atoms with Crippen LogP contribution in [0.15, 0.2) is 91.0 Å². The van der Waals surface area contributed by atoms with E-state index in [0.717, 1.165) is 16.7 Å². The van der Waals surface area contributed by atoms with Crippen molar-refractivity contribution in [3.8, 4) is 0 Å². The first-order valence-corrected chi connectivity index (χ1v) is 13.0. The summed E-state index contributed by atoms with van der Waals surface area (Å²) >= 11 is 1.56. The van der Waals surface area contributed by atoms with E-state index in [1.807, 2.05) is 54.6 Å².